The van der Waals surface area contributed by atoms with Crippen molar-refractivity contribution in [3.63, 3.8) is 0 Å². The van der Waals surface area contributed by atoms with E-state index in [1.165, 1.54) is 18.7 Å². The highest BCUT2D eigenvalue weighted by Gasteiger charge is 2.47. The molecule has 0 aliphatic carbocycles. The van der Waals surface area contributed by atoms with E-state index in [4.69, 9.17) is 14.2 Å². The van der Waals surface area contributed by atoms with E-state index in [9.17, 15) is 5.26 Å². The zero-order valence-corrected chi connectivity index (χ0v) is 14.4. The van der Waals surface area contributed by atoms with Crippen molar-refractivity contribution in [2.75, 3.05) is 6.26 Å². The second-order valence-electron chi connectivity index (χ2n) is 5.77. The number of allylic oxidation sites excluding steroid dienone is 2. The highest BCUT2D eigenvalue weighted by molar-refractivity contribution is 8.00. The minimum Gasteiger partial charge on any atom is -0.448 e. The number of rotatable bonds is 2. The number of fused-ring (bicyclic) bond motifs is 2. The predicted octanol–water partition coefficient (Wildman–Crippen LogP) is 2.41. The maximum Gasteiger partial charge on any atom is 0.302 e. The first-order valence-corrected chi connectivity index (χ1v) is 8.79. The lowest BCUT2D eigenvalue weighted by Gasteiger charge is -2.17. The van der Waals surface area contributed by atoms with Crippen LogP contribution in [0.15, 0.2) is 53.3 Å². The van der Waals surface area contributed by atoms with Gasteiger partial charge >= 0.3 is 5.95 Å². The van der Waals surface area contributed by atoms with Crippen molar-refractivity contribution in [1.29, 1.82) is 5.26 Å². The Labute approximate surface area is 148 Å². The van der Waals surface area contributed by atoms with Gasteiger partial charge in [0, 0.05) is 24.2 Å². The molecule has 1 aromatic heterocycles. The molecule has 1 aromatic rings. The Morgan fingerprint density at radius 3 is 2.80 bits per heavy atom. The van der Waals surface area contributed by atoms with Gasteiger partial charge in [-0.1, -0.05) is 6.08 Å². The van der Waals surface area contributed by atoms with Gasteiger partial charge < -0.3 is 14.2 Å². The molecule has 0 saturated carbocycles. The topological polar surface area (TPSA) is 89.6 Å². The van der Waals surface area contributed by atoms with Crippen LogP contribution in [-0.4, -0.2) is 39.6 Å². The zero-order chi connectivity index (χ0) is 17.4. The first-order chi connectivity index (χ1) is 12.1. The fraction of sp³-hybridized carbons (Fsp3) is 0.294. The molecule has 0 aromatic carbocycles. The molecule has 0 N–H and O–H groups in total. The van der Waals surface area contributed by atoms with Crippen LogP contribution in [0.25, 0.3) is 5.57 Å². The normalized spacial score (nSPS) is 31.2. The second-order valence-corrected chi connectivity index (χ2v) is 7.06. The van der Waals surface area contributed by atoms with Gasteiger partial charge in [0.05, 0.1) is 4.75 Å². The summed E-state index contributed by atoms with van der Waals surface area (Å²) in [6.45, 7) is 2.07. The Balaban J connectivity index is 1.65. The van der Waals surface area contributed by atoms with Crippen molar-refractivity contribution >= 4 is 23.5 Å². The highest BCUT2D eigenvalue weighted by atomic mass is 32.2. The van der Waals surface area contributed by atoms with Crippen LogP contribution >= 0.6 is 11.8 Å². The van der Waals surface area contributed by atoms with E-state index in [0.29, 0.717) is 17.0 Å². The van der Waals surface area contributed by atoms with Crippen molar-refractivity contribution in [2.24, 2.45) is 4.99 Å². The van der Waals surface area contributed by atoms with Crippen molar-refractivity contribution in [2.45, 2.75) is 24.1 Å². The molecule has 126 valence electrons. The number of ether oxygens (including phenoxy) is 3. The molecule has 3 aliphatic rings. The summed E-state index contributed by atoms with van der Waals surface area (Å²) >= 11 is 1.67. The molecule has 0 bridgehead atoms. The van der Waals surface area contributed by atoms with E-state index >= 15 is 0 Å². The fourth-order valence-electron chi connectivity index (χ4n) is 2.60. The third-order valence-corrected chi connectivity index (χ3v) is 5.22. The van der Waals surface area contributed by atoms with Crippen LogP contribution in [0.4, 0.5) is 0 Å². The summed E-state index contributed by atoms with van der Waals surface area (Å²) in [5.41, 5.74) is 1.41. The number of hydrogen-bond donors (Lipinski definition) is 0. The van der Waals surface area contributed by atoms with Gasteiger partial charge in [0.15, 0.2) is 0 Å². The largest absolute Gasteiger partial charge is 0.448 e. The van der Waals surface area contributed by atoms with E-state index in [1.807, 2.05) is 24.6 Å². The lowest BCUT2D eigenvalue weighted by atomic mass is 10.2. The molecule has 0 amide bonds. The standard InChI is InChI=1S/C17H14N4O3S/c1-17(25-2)4-3-12-13(21-8-17)14-16(22-12)24-15(23-14)11(5-18)10-6-19-9-20-7-10/h3-4,6-9,14,16H,1-2H3/b15-11-. The molecular formula is C17H14N4O3S. The molecule has 3 unspecified atom stereocenters. The molecule has 1 fully saturated rings. The molecule has 7 nitrogen and oxygen atoms in total. The fourth-order valence-corrected chi connectivity index (χ4v) is 2.96. The number of aromatic nitrogens is 2. The minimum atomic E-state index is -0.659. The van der Waals surface area contributed by atoms with Crippen LogP contribution in [0.5, 0.6) is 0 Å². The van der Waals surface area contributed by atoms with Crippen LogP contribution in [-0.2, 0) is 14.2 Å². The summed E-state index contributed by atoms with van der Waals surface area (Å²) in [5.74, 6) is 0.736. The van der Waals surface area contributed by atoms with Crippen molar-refractivity contribution in [3.8, 4) is 6.07 Å². The molecule has 8 heteroatoms. The minimum absolute atomic E-state index is 0.106. The Bertz CT molecular complexity index is 872. The van der Waals surface area contributed by atoms with Gasteiger partial charge in [0.1, 0.15) is 29.4 Å². The summed E-state index contributed by atoms with van der Waals surface area (Å²) in [5, 5.41) is 9.46. The van der Waals surface area contributed by atoms with Gasteiger partial charge in [-0.05, 0) is 19.3 Å². The first kappa shape index (κ1) is 15.7. The molecular weight excluding hydrogens is 340 g/mol. The molecule has 4 heterocycles. The summed E-state index contributed by atoms with van der Waals surface area (Å²) in [6, 6.07) is 2.08. The van der Waals surface area contributed by atoms with Crippen molar-refractivity contribution in [3.05, 3.63) is 53.8 Å². The Hall–Kier alpha value is -2.79. The smallest absolute Gasteiger partial charge is 0.302 e. The Morgan fingerprint density at radius 1 is 1.28 bits per heavy atom. The van der Waals surface area contributed by atoms with Gasteiger partial charge in [-0.25, -0.2) is 9.97 Å². The average Bonchev–Trinajstić information content (AvgIpc) is 3.12. The number of hydrogen-bond acceptors (Lipinski definition) is 8. The average molecular weight is 354 g/mol. The number of nitrogens with zero attached hydrogens (tertiary/aromatic N) is 4. The van der Waals surface area contributed by atoms with Crippen molar-refractivity contribution in [1.82, 2.24) is 9.97 Å². The Morgan fingerprint density at radius 2 is 2.08 bits per heavy atom. The van der Waals surface area contributed by atoms with Gasteiger partial charge in [0.25, 0.3) is 6.29 Å². The van der Waals surface area contributed by atoms with Gasteiger partial charge in [-0.15, -0.1) is 11.8 Å². The molecule has 3 aliphatic heterocycles. The highest BCUT2D eigenvalue weighted by Crippen LogP contribution is 2.41. The van der Waals surface area contributed by atoms with Crippen molar-refractivity contribution < 1.29 is 14.2 Å². The summed E-state index contributed by atoms with van der Waals surface area (Å²) in [7, 11) is 0. The van der Waals surface area contributed by atoms with Crippen LogP contribution in [0.3, 0.4) is 0 Å². The molecule has 0 radical (unpaired) electrons. The number of nitriles is 1. The molecule has 3 atom stereocenters. The monoisotopic (exact) mass is 354 g/mol. The molecule has 1 saturated heterocycles. The third-order valence-electron chi connectivity index (χ3n) is 4.10. The van der Waals surface area contributed by atoms with Crippen LogP contribution in [0, 0.1) is 11.3 Å². The number of thioether (sulfide) groups is 1. The van der Waals surface area contributed by atoms with E-state index in [-0.39, 0.29) is 16.3 Å². The maximum atomic E-state index is 9.46. The van der Waals surface area contributed by atoms with Crippen LogP contribution in [0.2, 0.25) is 0 Å². The second kappa shape index (κ2) is 5.93. The number of aliphatic imine (C=N–C) groups is 1. The SMILES string of the molecule is CSC1(C)C=CC2=C(N=C1)C1O/C(=C(\C#N)c3cncnc3)OC1O2. The lowest BCUT2D eigenvalue weighted by Crippen LogP contribution is -2.21. The molecule has 4 rings (SSSR count). The van der Waals surface area contributed by atoms with Crippen LogP contribution < -0.4 is 0 Å². The van der Waals surface area contributed by atoms with Gasteiger partial charge in [-0.3, -0.25) is 4.99 Å². The van der Waals surface area contributed by atoms with E-state index < -0.39 is 12.4 Å². The maximum absolute atomic E-state index is 9.46. The van der Waals surface area contributed by atoms with E-state index in [2.05, 4.69) is 28.0 Å². The molecule has 0 spiro atoms. The zero-order valence-electron chi connectivity index (χ0n) is 13.5. The van der Waals surface area contributed by atoms with E-state index in [1.54, 1.807) is 11.8 Å². The lowest BCUT2D eigenvalue weighted by molar-refractivity contribution is -0.0434. The summed E-state index contributed by atoms with van der Waals surface area (Å²) in [4.78, 5) is 12.4. The Kier molecular flexibility index (Phi) is 3.73. The quantitative estimate of drug-likeness (QED) is 0.753. The third kappa shape index (κ3) is 2.66. The first-order valence-electron chi connectivity index (χ1n) is 7.57. The van der Waals surface area contributed by atoms with E-state index in [0.717, 1.165) is 0 Å². The molecule has 25 heavy (non-hydrogen) atoms. The van der Waals surface area contributed by atoms with Gasteiger partial charge in [0.2, 0.25) is 6.10 Å². The summed E-state index contributed by atoms with van der Waals surface area (Å²) in [6.07, 6.45) is 11.1. The van der Waals surface area contributed by atoms with Gasteiger partial charge in [-0.2, -0.15) is 5.26 Å². The predicted molar refractivity (Wildman–Crippen MR) is 92.0 cm³/mol. The van der Waals surface area contributed by atoms with Crippen LogP contribution in [0.1, 0.15) is 12.5 Å². The summed E-state index contributed by atoms with van der Waals surface area (Å²) < 4.78 is 17.2.